The Bertz CT molecular complexity index is 1080. The number of benzene rings is 2. The number of nitrogens with zero attached hydrogens (tertiary/aromatic N) is 3. The molecule has 0 bridgehead atoms. The fourth-order valence-corrected chi connectivity index (χ4v) is 3.30. The quantitative estimate of drug-likeness (QED) is 0.328. The number of nitro groups is 1. The van der Waals surface area contributed by atoms with E-state index in [4.69, 9.17) is 13.9 Å². The zero-order valence-corrected chi connectivity index (χ0v) is 16.2. The molecule has 30 heavy (non-hydrogen) atoms. The number of esters is 1. The number of aryl methyl sites for hydroxylation is 2. The Morgan fingerprint density at radius 3 is 2.70 bits per heavy atom. The maximum absolute atomic E-state index is 12.1. The van der Waals surface area contributed by atoms with E-state index < -0.39 is 17.0 Å². The summed E-state index contributed by atoms with van der Waals surface area (Å²) in [7, 11) is 0. The first-order valence-electron chi connectivity index (χ1n) is 9.52. The Morgan fingerprint density at radius 2 is 1.93 bits per heavy atom. The van der Waals surface area contributed by atoms with Gasteiger partial charge in [-0.15, -0.1) is 10.2 Å². The van der Waals surface area contributed by atoms with Crippen molar-refractivity contribution in [2.75, 3.05) is 6.61 Å². The number of non-ortho nitro benzene ring substituents is 1. The van der Waals surface area contributed by atoms with Crippen LogP contribution in [0.4, 0.5) is 5.69 Å². The summed E-state index contributed by atoms with van der Waals surface area (Å²) in [5.74, 6) is 0.378. The van der Waals surface area contributed by atoms with E-state index >= 15 is 0 Å². The van der Waals surface area contributed by atoms with E-state index in [9.17, 15) is 14.9 Å². The van der Waals surface area contributed by atoms with Gasteiger partial charge >= 0.3 is 5.97 Å². The molecule has 0 saturated carbocycles. The molecule has 1 aliphatic rings. The minimum Gasteiger partial charge on any atom is -0.482 e. The fourth-order valence-electron chi connectivity index (χ4n) is 3.30. The molecule has 1 aliphatic carbocycles. The summed E-state index contributed by atoms with van der Waals surface area (Å²) in [5, 5.41) is 18.5. The molecule has 2 aromatic carbocycles. The highest BCUT2D eigenvalue weighted by Crippen LogP contribution is 2.27. The van der Waals surface area contributed by atoms with Crippen molar-refractivity contribution in [3.8, 4) is 17.2 Å². The Kier molecular flexibility index (Phi) is 5.42. The molecule has 0 fully saturated rings. The van der Waals surface area contributed by atoms with Crippen LogP contribution in [0.25, 0.3) is 11.5 Å². The van der Waals surface area contributed by atoms with Gasteiger partial charge in [-0.2, -0.15) is 0 Å². The van der Waals surface area contributed by atoms with E-state index in [0.717, 1.165) is 19.3 Å². The molecule has 9 nitrogen and oxygen atoms in total. The summed E-state index contributed by atoms with van der Waals surface area (Å²) < 4.78 is 16.4. The van der Waals surface area contributed by atoms with E-state index in [2.05, 4.69) is 10.2 Å². The van der Waals surface area contributed by atoms with E-state index in [0.29, 0.717) is 11.3 Å². The number of nitro benzene ring substituents is 1. The van der Waals surface area contributed by atoms with Gasteiger partial charge in [-0.3, -0.25) is 10.1 Å². The normalized spacial score (nSPS) is 13.5. The molecule has 0 radical (unpaired) electrons. The highest BCUT2D eigenvalue weighted by Gasteiger charge is 2.20. The lowest BCUT2D eigenvalue weighted by Crippen LogP contribution is -2.17. The predicted molar refractivity (Wildman–Crippen MR) is 105 cm³/mol. The Labute approximate surface area is 171 Å². The van der Waals surface area contributed by atoms with Crippen LogP contribution in [-0.2, 0) is 22.4 Å². The lowest BCUT2D eigenvalue weighted by molar-refractivity contribution is -0.384. The predicted octanol–water partition coefficient (Wildman–Crippen LogP) is 3.82. The molecule has 4 rings (SSSR count). The van der Waals surface area contributed by atoms with Gasteiger partial charge in [0, 0.05) is 17.7 Å². The number of aromatic nitrogens is 2. The van der Waals surface area contributed by atoms with Crippen LogP contribution < -0.4 is 4.74 Å². The van der Waals surface area contributed by atoms with Crippen LogP contribution in [0.2, 0.25) is 0 Å². The molecular formula is C21H19N3O6. The van der Waals surface area contributed by atoms with E-state index in [-0.39, 0.29) is 24.1 Å². The minimum absolute atomic E-state index is 0.0378. The van der Waals surface area contributed by atoms with Gasteiger partial charge in [0.2, 0.25) is 5.89 Å². The SMILES string of the molecule is C[C@H](OC(=O)COc1ccc2c(c1)CCC2)c1nnc(-c2ccc([N+](=O)[O-])cc2)o1. The number of carbonyl (C=O) groups excluding carboxylic acids is 1. The third kappa shape index (κ3) is 4.29. The zero-order chi connectivity index (χ0) is 21.1. The smallest absolute Gasteiger partial charge is 0.344 e. The summed E-state index contributed by atoms with van der Waals surface area (Å²) in [6, 6.07) is 11.6. The van der Waals surface area contributed by atoms with E-state index in [1.807, 2.05) is 18.2 Å². The summed E-state index contributed by atoms with van der Waals surface area (Å²) in [5.41, 5.74) is 3.08. The number of rotatable bonds is 7. The lowest BCUT2D eigenvalue weighted by atomic mass is 10.1. The minimum atomic E-state index is -0.764. The zero-order valence-electron chi connectivity index (χ0n) is 16.2. The van der Waals surface area contributed by atoms with Crippen LogP contribution in [0.5, 0.6) is 5.75 Å². The highest BCUT2D eigenvalue weighted by molar-refractivity contribution is 5.71. The number of fused-ring (bicyclic) bond motifs is 1. The molecule has 1 heterocycles. The topological polar surface area (TPSA) is 118 Å². The third-order valence-corrected chi connectivity index (χ3v) is 4.85. The van der Waals surface area contributed by atoms with Gasteiger partial charge in [-0.05, 0) is 61.6 Å². The third-order valence-electron chi connectivity index (χ3n) is 4.85. The van der Waals surface area contributed by atoms with Crippen molar-refractivity contribution in [3.63, 3.8) is 0 Å². The summed E-state index contributed by atoms with van der Waals surface area (Å²) in [6.45, 7) is 1.38. The second-order valence-corrected chi connectivity index (χ2v) is 6.95. The summed E-state index contributed by atoms with van der Waals surface area (Å²) >= 11 is 0. The van der Waals surface area contributed by atoms with Crippen LogP contribution in [0, 0.1) is 10.1 Å². The Balaban J connectivity index is 1.33. The van der Waals surface area contributed by atoms with Crippen LogP contribution in [-0.4, -0.2) is 27.7 Å². The van der Waals surface area contributed by atoms with Gasteiger partial charge in [0.25, 0.3) is 11.6 Å². The van der Waals surface area contributed by atoms with Crippen molar-refractivity contribution in [2.24, 2.45) is 0 Å². The van der Waals surface area contributed by atoms with Crippen molar-refractivity contribution in [3.05, 3.63) is 69.6 Å². The molecule has 9 heteroatoms. The molecule has 0 spiro atoms. The molecule has 0 amide bonds. The largest absolute Gasteiger partial charge is 0.482 e. The highest BCUT2D eigenvalue weighted by atomic mass is 16.6. The average molecular weight is 409 g/mol. The Morgan fingerprint density at radius 1 is 1.17 bits per heavy atom. The van der Waals surface area contributed by atoms with E-state index in [1.165, 1.54) is 35.4 Å². The van der Waals surface area contributed by atoms with Crippen molar-refractivity contribution >= 4 is 11.7 Å². The second-order valence-electron chi connectivity index (χ2n) is 6.95. The van der Waals surface area contributed by atoms with Crippen LogP contribution in [0.1, 0.15) is 36.5 Å². The lowest BCUT2D eigenvalue weighted by Gasteiger charge is -2.11. The van der Waals surface area contributed by atoms with Crippen molar-refractivity contribution in [2.45, 2.75) is 32.3 Å². The molecule has 0 aliphatic heterocycles. The summed E-state index contributed by atoms with van der Waals surface area (Å²) in [6.07, 6.45) is 2.49. The van der Waals surface area contributed by atoms with Crippen LogP contribution >= 0.6 is 0 Å². The molecule has 1 aromatic heterocycles. The van der Waals surface area contributed by atoms with Crippen LogP contribution in [0.3, 0.4) is 0 Å². The molecule has 0 saturated heterocycles. The van der Waals surface area contributed by atoms with E-state index in [1.54, 1.807) is 6.92 Å². The Hall–Kier alpha value is -3.75. The number of ether oxygens (including phenoxy) is 2. The average Bonchev–Trinajstić information content (AvgIpc) is 3.41. The van der Waals surface area contributed by atoms with Gasteiger partial charge in [0.05, 0.1) is 4.92 Å². The van der Waals surface area contributed by atoms with Crippen molar-refractivity contribution in [1.82, 2.24) is 10.2 Å². The fraction of sp³-hybridized carbons (Fsp3) is 0.286. The molecular weight excluding hydrogens is 390 g/mol. The van der Waals surface area contributed by atoms with Gasteiger partial charge in [-0.1, -0.05) is 6.07 Å². The first-order chi connectivity index (χ1) is 14.5. The van der Waals surface area contributed by atoms with Gasteiger partial charge < -0.3 is 13.9 Å². The van der Waals surface area contributed by atoms with Gasteiger partial charge in [0.1, 0.15) is 5.75 Å². The monoisotopic (exact) mass is 409 g/mol. The molecule has 1 atom stereocenters. The number of hydrogen-bond acceptors (Lipinski definition) is 8. The first kappa shape index (κ1) is 19.6. The van der Waals surface area contributed by atoms with Gasteiger partial charge in [0.15, 0.2) is 12.7 Å². The molecule has 0 N–H and O–H groups in total. The molecule has 154 valence electrons. The molecule has 0 unspecified atom stereocenters. The standard InChI is InChI=1S/C21H19N3O6/c1-13(20-22-23-21(30-20)15-5-8-17(9-6-15)24(26)27)29-19(25)12-28-18-10-7-14-3-2-4-16(14)11-18/h5-11,13H,2-4,12H2,1H3/t13-/m0/s1. The van der Waals surface area contributed by atoms with Gasteiger partial charge in [-0.25, -0.2) is 4.79 Å². The van der Waals surface area contributed by atoms with Crippen molar-refractivity contribution < 1.29 is 23.6 Å². The number of carbonyl (C=O) groups is 1. The second kappa shape index (κ2) is 8.32. The molecule has 3 aromatic rings. The summed E-state index contributed by atoms with van der Waals surface area (Å²) in [4.78, 5) is 22.4. The maximum atomic E-state index is 12.1. The first-order valence-corrected chi connectivity index (χ1v) is 9.52. The van der Waals surface area contributed by atoms with Crippen molar-refractivity contribution in [1.29, 1.82) is 0 Å². The maximum Gasteiger partial charge on any atom is 0.344 e. The van der Waals surface area contributed by atoms with Crippen LogP contribution in [0.15, 0.2) is 46.9 Å². The number of hydrogen-bond donors (Lipinski definition) is 0.